The predicted molar refractivity (Wildman–Crippen MR) is 68.6 cm³/mol. The number of rotatable bonds is 3. The van der Waals surface area contributed by atoms with Gasteiger partial charge in [-0.25, -0.2) is 0 Å². The van der Waals surface area contributed by atoms with E-state index >= 15 is 0 Å². The highest BCUT2D eigenvalue weighted by molar-refractivity contribution is 7.81. The Morgan fingerprint density at radius 1 is 1.11 bits per heavy atom. The zero-order valence-electron chi connectivity index (χ0n) is 10.0. The summed E-state index contributed by atoms with van der Waals surface area (Å²) >= 11 is 0. The molecule has 6 heteroatoms. The minimum absolute atomic E-state index is 0.131. The second-order valence-corrected chi connectivity index (χ2v) is 5.19. The lowest BCUT2D eigenvalue weighted by Gasteiger charge is -2.12. The molecule has 0 aliphatic rings. The molecule has 96 valence electrons. The van der Waals surface area contributed by atoms with Crippen LogP contribution < -0.4 is 9.08 Å². The van der Waals surface area contributed by atoms with E-state index in [4.69, 9.17) is 4.55 Å². The molecule has 2 N–H and O–H groups in total. The normalized spacial score (nSPS) is 12.0. The van der Waals surface area contributed by atoms with Crippen molar-refractivity contribution in [3.8, 4) is 5.75 Å². The second-order valence-electron chi connectivity index (χ2n) is 4.17. The van der Waals surface area contributed by atoms with Crippen LogP contribution in [-0.2, 0) is 10.4 Å². The van der Waals surface area contributed by atoms with Gasteiger partial charge >= 0.3 is 10.4 Å². The van der Waals surface area contributed by atoms with Gasteiger partial charge in [0.15, 0.2) is 5.75 Å². The van der Waals surface area contributed by atoms with Crippen LogP contribution in [0.3, 0.4) is 0 Å². The van der Waals surface area contributed by atoms with Crippen LogP contribution in [0, 0.1) is 0 Å². The van der Waals surface area contributed by atoms with Crippen molar-refractivity contribution >= 4 is 26.9 Å². The minimum atomic E-state index is -4.52. The molecule has 0 radical (unpaired) electrons. The zero-order chi connectivity index (χ0) is 13.3. The van der Waals surface area contributed by atoms with Crippen LogP contribution in [0.15, 0.2) is 36.4 Å². The topological polar surface area (TPSA) is 68.0 Å². The maximum absolute atomic E-state index is 10.9. The van der Waals surface area contributed by atoms with Gasteiger partial charge in [-0.2, -0.15) is 8.42 Å². The van der Waals surface area contributed by atoms with Gasteiger partial charge in [0.05, 0.1) is 19.5 Å². The maximum Gasteiger partial charge on any atom is 0.446 e. The fraction of sp³-hybridized carbons (Fsp3) is 0.167. The van der Waals surface area contributed by atoms with E-state index < -0.39 is 10.4 Å². The van der Waals surface area contributed by atoms with Crippen LogP contribution in [0.25, 0.3) is 10.8 Å². The van der Waals surface area contributed by atoms with Crippen LogP contribution in [0.5, 0.6) is 5.75 Å². The highest BCUT2D eigenvalue weighted by atomic mass is 32.3. The molecule has 0 aromatic heterocycles. The van der Waals surface area contributed by atoms with E-state index in [0.717, 1.165) is 16.0 Å². The third-order valence-electron chi connectivity index (χ3n) is 2.60. The third-order valence-corrected chi connectivity index (χ3v) is 2.99. The molecular weight excluding hydrogens is 254 g/mol. The van der Waals surface area contributed by atoms with Crippen LogP contribution in [-0.4, -0.2) is 27.1 Å². The number of nitrogens with one attached hydrogen (secondary N) is 1. The van der Waals surface area contributed by atoms with E-state index in [1.165, 1.54) is 6.07 Å². The first kappa shape index (κ1) is 12.8. The largest absolute Gasteiger partial charge is 0.446 e. The summed E-state index contributed by atoms with van der Waals surface area (Å²) in [5.41, 5.74) is 0.895. The summed E-state index contributed by atoms with van der Waals surface area (Å²) in [6, 6.07) is 10.7. The Labute approximate surface area is 106 Å². The lowest BCUT2D eigenvalue weighted by atomic mass is 10.1. The Morgan fingerprint density at radius 2 is 1.72 bits per heavy atom. The lowest BCUT2D eigenvalue weighted by Crippen LogP contribution is -3.00. The number of quaternary nitrogens is 1. The van der Waals surface area contributed by atoms with Crippen molar-refractivity contribution in [1.82, 2.24) is 0 Å². The van der Waals surface area contributed by atoms with Gasteiger partial charge in [-0.3, -0.25) is 4.55 Å². The number of hydrogen-bond acceptors (Lipinski definition) is 3. The molecule has 0 unspecified atom stereocenters. The average Bonchev–Trinajstić information content (AvgIpc) is 2.26. The molecule has 0 heterocycles. The first-order chi connectivity index (χ1) is 8.38. The van der Waals surface area contributed by atoms with Gasteiger partial charge in [0, 0.05) is 0 Å². The van der Waals surface area contributed by atoms with Crippen molar-refractivity contribution < 1.29 is 22.1 Å². The molecule has 0 spiro atoms. The highest BCUT2D eigenvalue weighted by Crippen LogP contribution is 2.30. The molecule has 2 rings (SSSR count). The number of benzene rings is 2. The minimum Gasteiger partial charge on any atom is -0.361 e. The maximum atomic E-state index is 10.9. The van der Waals surface area contributed by atoms with E-state index in [2.05, 4.69) is 4.18 Å². The van der Waals surface area contributed by atoms with Gasteiger partial charge < -0.3 is 9.08 Å². The molecule has 0 aliphatic carbocycles. The molecule has 2 aromatic carbocycles. The zero-order valence-corrected chi connectivity index (χ0v) is 10.9. The Kier molecular flexibility index (Phi) is 3.25. The number of fused-ring (bicyclic) bond motifs is 1. The van der Waals surface area contributed by atoms with Gasteiger partial charge in [-0.15, -0.1) is 0 Å². The van der Waals surface area contributed by atoms with Crippen molar-refractivity contribution in [3.63, 3.8) is 0 Å². The summed E-state index contributed by atoms with van der Waals surface area (Å²) in [5, 5.41) is 1.53. The van der Waals surface area contributed by atoms with Gasteiger partial charge in [0.2, 0.25) is 0 Å². The summed E-state index contributed by atoms with van der Waals surface area (Å²) in [4.78, 5) is 1.03. The molecule has 0 fully saturated rings. The molecule has 2 aromatic rings. The van der Waals surface area contributed by atoms with Crippen LogP contribution >= 0.6 is 0 Å². The van der Waals surface area contributed by atoms with Crippen molar-refractivity contribution in [2.45, 2.75) is 0 Å². The summed E-state index contributed by atoms with van der Waals surface area (Å²) in [6.07, 6.45) is 0. The van der Waals surface area contributed by atoms with Crippen molar-refractivity contribution in [2.24, 2.45) is 0 Å². The molecule has 0 saturated carbocycles. The van der Waals surface area contributed by atoms with Crippen LogP contribution in [0.1, 0.15) is 0 Å². The summed E-state index contributed by atoms with van der Waals surface area (Å²) in [5.74, 6) is 0.131. The Hall–Kier alpha value is -1.63. The van der Waals surface area contributed by atoms with Gasteiger partial charge in [0.25, 0.3) is 0 Å². The Bertz CT molecular complexity index is 674. The van der Waals surface area contributed by atoms with Gasteiger partial charge in [-0.1, -0.05) is 24.3 Å². The smallest absolute Gasteiger partial charge is 0.361 e. The van der Waals surface area contributed by atoms with E-state index in [1.54, 1.807) is 6.07 Å². The average molecular weight is 268 g/mol. The SMILES string of the molecule is C[NH+](C)c1cccc2cccc(OS(=O)(=O)O)c12. The quantitative estimate of drug-likeness (QED) is 0.808. The van der Waals surface area contributed by atoms with Gasteiger partial charge in [-0.05, 0) is 17.5 Å². The third kappa shape index (κ3) is 2.61. The highest BCUT2D eigenvalue weighted by Gasteiger charge is 2.16. The molecule has 0 amide bonds. The monoisotopic (exact) mass is 268 g/mol. The molecule has 18 heavy (non-hydrogen) atoms. The summed E-state index contributed by atoms with van der Waals surface area (Å²) in [6.45, 7) is 0. The van der Waals surface area contributed by atoms with E-state index in [0.29, 0.717) is 5.39 Å². The molecular formula is C12H14NO4S+. The number of hydrogen-bond donors (Lipinski definition) is 2. The first-order valence-corrected chi connectivity index (χ1v) is 6.74. The summed E-state index contributed by atoms with van der Waals surface area (Å²) in [7, 11) is -0.661. The fourth-order valence-electron chi connectivity index (χ4n) is 1.91. The molecule has 0 saturated heterocycles. The molecule has 5 nitrogen and oxygen atoms in total. The lowest BCUT2D eigenvalue weighted by molar-refractivity contribution is -0.785. The van der Waals surface area contributed by atoms with Crippen LogP contribution in [0.4, 0.5) is 5.69 Å². The van der Waals surface area contributed by atoms with E-state index in [1.807, 2.05) is 38.4 Å². The van der Waals surface area contributed by atoms with E-state index in [-0.39, 0.29) is 5.75 Å². The van der Waals surface area contributed by atoms with Gasteiger partial charge in [0.1, 0.15) is 5.69 Å². The first-order valence-electron chi connectivity index (χ1n) is 5.37. The van der Waals surface area contributed by atoms with Crippen LogP contribution in [0.2, 0.25) is 0 Å². The van der Waals surface area contributed by atoms with Crippen molar-refractivity contribution in [2.75, 3.05) is 14.1 Å². The molecule has 0 atom stereocenters. The van der Waals surface area contributed by atoms with Crippen molar-refractivity contribution in [1.29, 1.82) is 0 Å². The Morgan fingerprint density at radius 3 is 2.28 bits per heavy atom. The molecule has 0 aliphatic heterocycles. The predicted octanol–water partition coefficient (Wildman–Crippen LogP) is 0.797. The standard InChI is InChI=1S/C12H13NO4S/c1-13(2)10-7-3-5-9-6-4-8-11(12(9)10)17-18(14,15)16/h3-8H,1-2H3,(H,14,15,16)/p+1. The second kappa shape index (κ2) is 4.56. The van der Waals surface area contributed by atoms with E-state index in [9.17, 15) is 8.42 Å². The molecule has 0 bridgehead atoms. The fourth-order valence-corrected chi connectivity index (χ4v) is 2.27. The summed E-state index contributed by atoms with van der Waals surface area (Å²) < 4.78 is 35.1. The van der Waals surface area contributed by atoms with Crippen molar-refractivity contribution in [3.05, 3.63) is 36.4 Å². The Balaban J connectivity index is 2.74.